The van der Waals surface area contributed by atoms with Crippen molar-refractivity contribution in [2.45, 2.75) is 65.1 Å². The van der Waals surface area contributed by atoms with E-state index in [0.717, 1.165) is 0 Å². The summed E-state index contributed by atoms with van der Waals surface area (Å²) < 4.78 is 0. The van der Waals surface area contributed by atoms with Crippen LogP contribution in [0.3, 0.4) is 0 Å². The largest absolute Gasteiger partial charge is 0.465 e. The maximum Gasteiger partial charge on any atom is 0.407 e. The van der Waals surface area contributed by atoms with E-state index in [0.29, 0.717) is 30.9 Å². The quantitative estimate of drug-likeness (QED) is 0.346. The van der Waals surface area contributed by atoms with Gasteiger partial charge in [0.1, 0.15) is 6.04 Å². The minimum Gasteiger partial charge on any atom is -0.465 e. The summed E-state index contributed by atoms with van der Waals surface area (Å²) in [7, 11) is 0. The van der Waals surface area contributed by atoms with Crippen molar-refractivity contribution in [2.24, 2.45) is 5.41 Å². The Balaban J connectivity index is 1.79. The lowest BCUT2D eigenvalue weighted by Gasteiger charge is -2.31. The van der Waals surface area contributed by atoms with Crippen LogP contribution in [-0.2, 0) is 9.63 Å². The van der Waals surface area contributed by atoms with Crippen LogP contribution in [0.25, 0.3) is 0 Å². The number of carboxylic acid groups (broad SMARTS) is 1. The van der Waals surface area contributed by atoms with Crippen LogP contribution < -0.4 is 5.48 Å². The van der Waals surface area contributed by atoms with Gasteiger partial charge in [-0.15, -0.1) is 0 Å². The van der Waals surface area contributed by atoms with E-state index in [1.54, 1.807) is 0 Å². The molecular weight excluding hydrogens is 356 g/mol. The molecule has 1 unspecified atom stereocenters. The number of amides is 4. The van der Waals surface area contributed by atoms with Crippen molar-refractivity contribution >= 4 is 18.0 Å². The molecule has 10 heteroatoms. The van der Waals surface area contributed by atoms with Crippen molar-refractivity contribution in [3.63, 3.8) is 0 Å². The lowest BCUT2D eigenvalue weighted by atomic mass is 9.88. The number of urea groups is 1. The first-order valence-corrected chi connectivity index (χ1v) is 9.21. The number of carbonyl (C=O) groups excluding carboxylic acids is 2. The molecule has 3 atom stereocenters. The number of hydrogen-bond acceptors (Lipinski definition) is 5. The molecule has 2 heterocycles. The molecular formula is C17H30N4O6. The Kier molecular flexibility index (Phi) is 6.53. The Labute approximate surface area is 158 Å². The third-order valence-corrected chi connectivity index (χ3v) is 4.94. The number of piperidine rings is 1. The van der Waals surface area contributed by atoms with Gasteiger partial charge >= 0.3 is 12.1 Å². The normalized spacial score (nSPS) is 23.4. The van der Waals surface area contributed by atoms with Crippen molar-refractivity contribution in [2.75, 3.05) is 19.7 Å². The number of hydrogen-bond donors (Lipinski definition) is 3. The molecule has 3 N–H and O–H groups in total. The second kappa shape index (κ2) is 8.30. The first-order valence-electron chi connectivity index (χ1n) is 9.21. The second-order valence-corrected chi connectivity index (χ2v) is 8.43. The Hall–Kier alpha value is -2.07. The number of hydroxylamine groups is 3. The zero-order chi connectivity index (χ0) is 20.4. The van der Waals surface area contributed by atoms with Gasteiger partial charge < -0.3 is 14.9 Å². The van der Waals surface area contributed by atoms with Gasteiger partial charge in [-0.05, 0) is 31.6 Å². The predicted octanol–water partition coefficient (Wildman–Crippen LogP) is 1.50. The Morgan fingerprint density at radius 3 is 2.63 bits per heavy atom. The molecule has 10 nitrogen and oxygen atoms in total. The standard InChI is InChI=1S/C17H30N4O6/c1-11(9-17(2,3)4)19(16(24)25)7-8-27-18-14(22)13-6-5-12-10-20(13)15(23)21(12)26/h11-13,26H,5-10H2,1-4H3,(H,18,22)(H,24,25)/t11?,12-,13+/m1/s1. The average molecular weight is 386 g/mol. The fraction of sp³-hybridized carbons (Fsp3) is 0.824. The highest BCUT2D eigenvalue weighted by Crippen LogP contribution is 2.28. The smallest absolute Gasteiger partial charge is 0.407 e. The van der Waals surface area contributed by atoms with Crippen LogP contribution in [0.1, 0.15) is 47.0 Å². The summed E-state index contributed by atoms with van der Waals surface area (Å²) >= 11 is 0. The fourth-order valence-electron chi connectivity index (χ4n) is 3.76. The van der Waals surface area contributed by atoms with Crippen molar-refractivity contribution < 1.29 is 29.5 Å². The van der Waals surface area contributed by atoms with Crippen molar-refractivity contribution in [3.05, 3.63) is 0 Å². The molecule has 0 aromatic rings. The molecule has 0 radical (unpaired) electrons. The van der Waals surface area contributed by atoms with E-state index in [-0.39, 0.29) is 30.7 Å². The summed E-state index contributed by atoms with van der Waals surface area (Å²) in [6.45, 7) is 8.40. The minimum absolute atomic E-state index is 0.00192. The molecule has 0 aliphatic carbocycles. The van der Waals surface area contributed by atoms with Gasteiger partial charge in [-0.2, -0.15) is 0 Å². The van der Waals surface area contributed by atoms with Crippen LogP contribution in [0.15, 0.2) is 0 Å². The summed E-state index contributed by atoms with van der Waals surface area (Å²) in [6.07, 6.45) is 0.634. The summed E-state index contributed by atoms with van der Waals surface area (Å²) in [5, 5.41) is 19.7. The Morgan fingerprint density at radius 2 is 2.04 bits per heavy atom. The van der Waals surface area contributed by atoms with Crippen LogP contribution >= 0.6 is 0 Å². The van der Waals surface area contributed by atoms with E-state index in [2.05, 4.69) is 5.48 Å². The van der Waals surface area contributed by atoms with Gasteiger partial charge in [0.15, 0.2) is 0 Å². The molecule has 0 saturated carbocycles. The molecule has 2 fully saturated rings. The first-order chi connectivity index (χ1) is 12.5. The lowest BCUT2D eigenvalue weighted by molar-refractivity contribution is -0.139. The summed E-state index contributed by atoms with van der Waals surface area (Å²) in [5.41, 5.74) is 2.29. The molecule has 0 aromatic heterocycles. The molecule has 2 aliphatic heterocycles. The van der Waals surface area contributed by atoms with Crippen LogP contribution in [0.5, 0.6) is 0 Å². The molecule has 2 bridgehead atoms. The molecule has 27 heavy (non-hydrogen) atoms. The van der Waals surface area contributed by atoms with Gasteiger partial charge in [0.05, 0.1) is 19.2 Å². The van der Waals surface area contributed by atoms with E-state index < -0.39 is 24.1 Å². The Bertz CT molecular complexity index is 578. The van der Waals surface area contributed by atoms with Gasteiger partial charge in [0.2, 0.25) is 0 Å². The van der Waals surface area contributed by atoms with Crippen molar-refractivity contribution in [3.8, 4) is 0 Å². The van der Waals surface area contributed by atoms with Crippen LogP contribution in [0.2, 0.25) is 0 Å². The number of carbonyl (C=O) groups is 3. The molecule has 4 amide bonds. The van der Waals surface area contributed by atoms with Gasteiger partial charge in [-0.1, -0.05) is 20.8 Å². The topological polar surface area (TPSA) is 123 Å². The first kappa shape index (κ1) is 21.2. The van der Waals surface area contributed by atoms with Crippen molar-refractivity contribution in [1.82, 2.24) is 20.3 Å². The van der Waals surface area contributed by atoms with Crippen LogP contribution in [0.4, 0.5) is 9.59 Å². The maximum absolute atomic E-state index is 12.3. The highest BCUT2D eigenvalue weighted by Gasteiger charge is 2.46. The maximum atomic E-state index is 12.3. The zero-order valence-corrected chi connectivity index (χ0v) is 16.3. The monoisotopic (exact) mass is 386 g/mol. The molecule has 0 aromatic carbocycles. The fourth-order valence-corrected chi connectivity index (χ4v) is 3.76. The summed E-state index contributed by atoms with van der Waals surface area (Å²) in [4.78, 5) is 43.4. The summed E-state index contributed by atoms with van der Waals surface area (Å²) in [6, 6.07) is -1.72. The van der Waals surface area contributed by atoms with Gasteiger partial charge in [0, 0.05) is 12.6 Å². The van der Waals surface area contributed by atoms with E-state index in [4.69, 9.17) is 4.84 Å². The third kappa shape index (κ3) is 5.23. The molecule has 2 aliphatic rings. The SMILES string of the molecule is CC(CC(C)(C)C)N(CCONC(=O)[C@@H]1CC[C@@H]2CN1C(=O)N2O)C(=O)O. The van der Waals surface area contributed by atoms with Crippen LogP contribution in [-0.4, -0.2) is 81.0 Å². The van der Waals surface area contributed by atoms with Crippen LogP contribution in [0, 0.1) is 5.41 Å². The Morgan fingerprint density at radius 1 is 1.37 bits per heavy atom. The lowest BCUT2D eigenvalue weighted by Crippen LogP contribution is -2.50. The molecule has 2 saturated heterocycles. The average Bonchev–Trinajstić information content (AvgIpc) is 2.77. The number of nitrogens with one attached hydrogen (secondary N) is 1. The van der Waals surface area contributed by atoms with Gasteiger partial charge in [-0.25, -0.2) is 20.1 Å². The van der Waals surface area contributed by atoms with E-state index >= 15 is 0 Å². The number of rotatable bonds is 7. The van der Waals surface area contributed by atoms with E-state index in [1.807, 2.05) is 27.7 Å². The predicted molar refractivity (Wildman–Crippen MR) is 94.9 cm³/mol. The van der Waals surface area contributed by atoms with E-state index in [9.17, 15) is 24.7 Å². The second-order valence-electron chi connectivity index (χ2n) is 8.43. The van der Waals surface area contributed by atoms with Gasteiger partial charge in [-0.3, -0.25) is 14.8 Å². The van der Waals surface area contributed by atoms with Crippen molar-refractivity contribution in [1.29, 1.82) is 0 Å². The zero-order valence-electron chi connectivity index (χ0n) is 16.3. The highest BCUT2D eigenvalue weighted by molar-refractivity contribution is 5.87. The van der Waals surface area contributed by atoms with Gasteiger partial charge in [0.25, 0.3) is 5.91 Å². The minimum atomic E-state index is -1.04. The molecule has 154 valence electrons. The third-order valence-electron chi connectivity index (χ3n) is 4.94. The molecule has 0 spiro atoms. The van der Waals surface area contributed by atoms with E-state index in [1.165, 1.54) is 9.80 Å². The number of nitrogens with zero attached hydrogens (tertiary/aromatic N) is 3. The number of fused-ring (bicyclic) bond motifs is 2. The molecule has 2 rings (SSSR count). The highest BCUT2D eigenvalue weighted by atomic mass is 16.7. The summed E-state index contributed by atoms with van der Waals surface area (Å²) in [5.74, 6) is -0.471.